The first-order chi connectivity index (χ1) is 10.6. The zero-order valence-corrected chi connectivity index (χ0v) is 14.8. The standard InChI is InChI=1S/C18H26F3NS/c1-17(2,3)13-8-10-15(11-9-13)23-16(22)12-4-6-14(7-5-12)18(19,20)21/h4-7,13,15-16H,8-11,22H2,1-3H3. The Morgan fingerprint density at radius 2 is 1.52 bits per heavy atom. The zero-order chi connectivity index (χ0) is 17.3. The van der Waals surface area contributed by atoms with E-state index in [1.807, 2.05) is 0 Å². The van der Waals surface area contributed by atoms with Gasteiger partial charge in [-0.25, -0.2) is 0 Å². The molecule has 1 aromatic rings. The lowest BCUT2D eigenvalue weighted by molar-refractivity contribution is -0.137. The molecule has 2 N–H and O–H groups in total. The van der Waals surface area contributed by atoms with Crippen molar-refractivity contribution in [3.05, 3.63) is 35.4 Å². The van der Waals surface area contributed by atoms with Gasteiger partial charge in [0, 0.05) is 5.25 Å². The average Bonchev–Trinajstić information content (AvgIpc) is 2.46. The SMILES string of the molecule is CC(C)(C)C1CCC(SC(N)c2ccc(C(F)(F)F)cc2)CC1. The second-order valence-corrected chi connectivity index (χ2v) is 8.96. The second-order valence-electron chi connectivity index (χ2n) is 7.52. The van der Waals surface area contributed by atoms with E-state index in [9.17, 15) is 13.2 Å². The molecule has 1 atom stereocenters. The molecule has 0 radical (unpaired) electrons. The van der Waals surface area contributed by atoms with Gasteiger partial charge in [-0.2, -0.15) is 13.2 Å². The Morgan fingerprint density at radius 3 is 1.96 bits per heavy atom. The van der Waals surface area contributed by atoms with Crippen LogP contribution in [-0.2, 0) is 6.18 Å². The van der Waals surface area contributed by atoms with Crippen LogP contribution in [0.15, 0.2) is 24.3 Å². The normalized spacial score (nSPS) is 24.5. The van der Waals surface area contributed by atoms with E-state index >= 15 is 0 Å². The predicted octanol–water partition coefficient (Wildman–Crippen LogP) is 6.00. The number of thioether (sulfide) groups is 1. The fraction of sp³-hybridized carbons (Fsp3) is 0.667. The van der Waals surface area contributed by atoms with E-state index in [4.69, 9.17) is 5.73 Å². The van der Waals surface area contributed by atoms with Gasteiger partial charge in [0.15, 0.2) is 0 Å². The molecule has 1 aliphatic rings. The van der Waals surface area contributed by atoms with Crippen LogP contribution < -0.4 is 5.73 Å². The van der Waals surface area contributed by atoms with E-state index in [2.05, 4.69) is 20.8 Å². The molecule has 23 heavy (non-hydrogen) atoms. The molecule has 0 heterocycles. The van der Waals surface area contributed by atoms with Crippen molar-refractivity contribution in [2.24, 2.45) is 17.1 Å². The predicted molar refractivity (Wildman–Crippen MR) is 91.2 cm³/mol. The molecule has 0 saturated heterocycles. The van der Waals surface area contributed by atoms with Crippen LogP contribution in [0.5, 0.6) is 0 Å². The highest BCUT2D eigenvalue weighted by molar-refractivity contribution is 8.00. The van der Waals surface area contributed by atoms with Gasteiger partial charge in [0.25, 0.3) is 0 Å². The molecule has 0 spiro atoms. The van der Waals surface area contributed by atoms with E-state index in [0.29, 0.717) is 10.7 Å². The Hall–Kier alpha value is -0.680. The maximum Gasteiger partial charge on any atom is 0.416 e. The fourth-order valence-electron chi connectivity index (χ4n) is 3.21. The lowest BCUT2D eigenvalue weighted by Gasteiger charge is -2.37. The summed E-state index contributed by atoms with van der Waals surface area (Å²) in [5.74, 6) is 0.752. The minimum absolute atomic E-state index is 0.256. The van der Waals surface area contributed by atoms with Gasteiger partial charge in [0.2, 0.25) is 0 Å². The summed E-state index contributed by atoms with van der Waals surface area (Å²) in [6.07, 6.45) is 0.408. The summed E-state index contributed by atoms with van der Waals surface area (Å²) < 4.78 is 37.8. The van der Waals surface area contributed by atoms with Crippen molar-refractivity contribution in [1.29, 1.82) is 0 Å². The molecule has 1 nitrogen and oxygen atoms in total. The third-order valence-electron chi connectivity index (χ3n) is 4.80. The minimum Gasteiger partial charge on any atom is -0.316 e. The first kappa shape index (κ1) is 18.7. The summed E-state index contributed by atoms with van der Waals surface area (Å²) >= 11 is 1.70. The number of rotatable bonds is 3. The summed E-state index contributed by atoms with van der Waals surface area (Å²) in [5, 5.41) is 0.249. The Balaban J connectivity index is 1.89. The Kier molecular flexibility index (Phi) is 5.72. The molecule has 0 aromatic heterocycles. The number of benzene rings is 1. The van der Waals surface area contributed by atoms with Crippen LogP contribution in [0.2, 0.25) is 0 Å². The average molecular weight is 345 g/mol. The van der Waals surface area contributed by atoms with Gasteiger partial charge in [0.1, 0.15) is 0 Å². The third kappa shape index (κ3) is 5.15. The molecular formula is C18H26F3NS. The van der Waals surface area contributed by atoms with Crippen LogP contribution in [0.4, 0.5) is 13.2 Å². The topological polar surface area (TPSA) is 26.0 Å². The van der Waals surface area contributed by atoms with Crippen molar-refractivity contribution >= 4 is 11.8 Å². The highest BCUT2D eigenvalue weighted by atomic mass is 32.2. The number of hydrogen-bond donors (Lipinski definition) is 1. The van der Waals surface area contributed by atoms with Crippen molar-refractivity contribution in [2.75, 3.05) is 0 Å². The van der Waals surface area contributed by atoms with E-state index in [-0.39, 0.29) is 5.37 Å². The summed E-state index contributed by atoms with van der Waals surface area (Å²) in [6, 6.07) is 5.24. The van der Waals surface area contributed by atoms with Crippen molar-refractivity contribution in [3.63, 3.8) is 0 Å². The Labute approximate surface area is 141 Å². The van der Waals surface area contributed by atoms with E-state index in [1.54, 1.807) is 11.8 Å². The molecule has 1 aromatic carbocycles. The highest BCUT2D eigenvalue weighted by Gasteiger charge is 2.32. The van der Waals surface area contributed by atoms with Crippen molar-refractivity contribution in [2.45, 2.75) is 63.3 Å². The van der Waals surface area contributed by atoms with E-state index in [1.165, 1.54) is 25.0 Å². The van der Waals surface area contributed by atoms with Gasteiger partial charge in [0.05, 0.1) is 10.9 Å². The molecule has 1 aliphatic carbocycles. The summed E-state index contributed by atoms with van der Waals surface area (Å²) in [4.78, 5) is 0. The molecule has 0 aliphatic heterocycles. The first-order valence-corrected chi connectivity index (χ1v) is 9.10. The van der Waals surface area contributed by atoms with Gasteiger partial charge in [-0.3, -0.25) is 0 Å². The zero-order valence-electron chi connectivity index (χ0n) is 14.0. The lowest BCUT2D eigenvalue weighted by atomic mass is 9.72. The molecule has 5 heteroatoms. The molecule has 1 saturated carbocycles. The van der Waals surface area contributed by atoms with Crippen LogP contribution in [0.25, 0.3) is 0 Å². The fourth-order valence-corrected chi connectivity index (χ4v) is 4.49. The molecule has 0 bridgehead atoms. The Bertz CT molecular complexity index is 496. The van der Waals surface area contributed by atoms with Crippen LogP contribution in [0, 0.1) is 11.3 Å². The van der Waals surface area contributed by atoms with Crippen LogP contribution >= 0.6 is 11.8 Å². The van der Waals surface area contributed by atoms with Gasteiger partial charge in [-0.15, -0.1) is 11.8 Å². The molecule has 1 unspecified atom stereocenters. The molecule has 130 valence electrons. The van der Waals surface area contributed by atoms with E-state index < -0.39 is 11.7 Å². The maximum absolute atomic E-state index is 12.6. The summed E-state index contributed by atoms with van der Waals surface area (Å²) in [5.41, 5.74) is 6.68. The molecule has 0 amide bonds. The molecule has 2 rings (SSSR count). The number of alkyl halides is 3. The van der Waals surface area contributed by atoms with Gasteiger partial charge in [-0.1, -0.05) is 32.9 Å². The quantitative estimate of drug-likeness (QED) is 0.680. The molecular weight excluding hydrogens is 319 g/mol. The van der Waals surface area contributed by atoms with Crippen LogP contribution in [-0.4, -0.2) is 5.25 Å². The summed E-state index contributed by atoms with van der Waals surface area (Å²) in [7, 11) is 0. The summed E-state index contributed by atoms with van der Waals surface area (Å²) in [6.45, 7) is 6.87. The van der Waals surface area contributed by atoms with E-state index in [0.717, 1.165) is 36.5 Å². The first-order valence-electron chi connectivity index (χ1n) is 8.15. The Morgan fingerprint density at radius 1 is 1.00 bits per heavy atom. The second kappa shape index (κ2) is 7.06. The van der Waals surface area contributed by atoms with Crippen LogP contribution in [0.3, 0.4) is 0 Å². The number of hydrogen-bond acceptors (Lipinski definition) is 2. The van der Waals surface area contributed by atoms with Crippen molar-refractivity contribution in [3.8, 4) is 0 Å². The van der Waals surface area contributed by atoms with Gasteiger partial charge in [-0.05, 0) is 54.7 Å². The number of nitrogens with two attached hydrogens (primary N) is 1. The van der Waals surface area contributed by atoms with Gasteiger partial charge >= 0.3 is 6.18 Å². The van der Waals surface area contributed by atoms with Crippen molar-refractivity contribution in [1.82, 2.24) is 0 Å². The maximum atomic E-state index is 12.6. The van der Waals surface area contributed by atoms with Crippen molar-refractivity contribution < 1.29 is 13.2 Å². The molecule has 1 fully saturated rings. The minimum atomic E-state index is -4.29. The number of halogens is 3. The monoisotopic (exact) mass is 345 g/mol. The highest BCUT2D eigenvalue weighted by Crippen LogP contribution is 2.43. The smallest absolute Gasteiger partial charge is 0.316 e. The third-order valence-corrected chi connectivity index (χ3v) is 6.23. The van der Waals surface area contributed by atoms with Crippen LogP contribution in [0.1, 0.15) is 63.0 Å². The largest absolute Gasteiger partial charge is 0.416 e. The van der Waals surface area contributed by atoms with Gasteiger partial charge < -0.3 is 5.73 Å². The lowest BCUT2D eigenvalue weighted by Crippen LogP contribution is -2.27.